The number of methoxy groups -OCH3 is 2. The highest BCUT2D eigenvalue weighted by atomic mass is 32.2. The van der Waals surface area contributed by atoms with E-state index in [1.165, 1.54) is 0 Å². The van der Waals surface area contributed by atoms with E-state index in [4.69, 9.17) is 9.47 Å². The third-order valence-corrected chi connectivity index (χ3v) is 6.51. The molecule has 3 rings (SSSR count). The standard InChI is InChI=1S/C21H28N2O4S/c1-15-12-20(13-16(2)21(15)27-4)28(24,25)22-17-7-9-18(10-8-17)23-11-5-6-19(14-23)26-3/h7-10,12-13,19,22H,5-6,11,14H2,1-4H3. The quantitative estimate of drug-likeness (QED) is 0.795. The molecule has 0 aliphatic carbocycles. The van der Waals surface area contributed by atoms with Gasteiger partial charge in [-0.1, -0.05) is 0 Å². The van der Waals surface area contributed by atoms with Gasteiger partial charge in [-0.25, -0.2) is 8.42 Å². The van der Waals surface area contributed by atoms with Crippen molar-refractivity contribution in [2.75, 3.05) is 36.9 Å². The summed E-state index contributed by atoms with van der Waals surface area (Å²) in [7, 11) is -0.344. The lowest BCUT2D eigenvalue weighted by molar-refractivity contribution is 0.0893. The molecule has 0 spiro atoms. The number of sulfonamides is 1. The van der Waals surface area contributed by atoms with E-state index in [1.807, 2.05) is 26.0 Å². The second-order valence-electron chi connectivity index (χ2n) is 7.19. The Kier molecular flexibility index (Phi) is 6.15. The summed E-state index contributed by atoms with van der Waals surface area (Å²) in [6, 6.07) is 10.7. The summed E-state index contributed by atoms with van der Waals surface area (Å²) in [5, 5.41) is 0. The van der Waals surface area contributed by atoms with Gasteiger partial charge in [0.2, 0.25) is 0 Å². The van der Waals surface area contributed by atoms with E-state index in [-0.39, 0.29) is 11.0 Å². The molecule has 2 aromatic rings. The number of anilines is 2. The van der Waals surface area contributed by atoms with Gasteiger partial charge in [0.15, 0.2) is 0 Å². The molecule has 1 atom stereocenters. The summed E-state index contributed by atoms with van der Waals surface area (Å²) in [5.74, 6) is 0.708. The Morgan fingerprint density at radius 2 is 1.71 bits per heavy atom. The summed E-state index contributed by atoms with van der Waals surface area (Å²) < 4.78 is 39.0. The molecule has 28 heavy (non-hydrogen) atoms. The van der Waals surface area contributed by atoms with E-state index < -0.39 is 10.0 Å². The number of nitrogens with zero attached hydrogens (tertiary/aromatic N) is 1. The first kappa shape index (κ1) is 20.5. The topological polar surface area (TPSA) is 67.9 Å². The summed E-state index contributed by atoms with van der Waals surface area (Å²) >= 11 is 0. The van der Waals surface area contributed by atoms with Gasteiger partial charge < -0.3 is 14.4 Å². The molecule has 1 unspecified atom stereocenters. The van der Waals surface area contributed by atoms with Crippen molar-refractivity contribution in [1.29, 1.82) is 0 Å². The summed E-state index contributed by atoms with van der Waals surface area (Å²) in [4.78, 5) is 2.50. The van der Waals surface area contributed by atoms with Gasteiger partial charge in [0.1, 0.15) is 5.75 Å². The van der Waals surface area contributed by atoms with Crippen LogP contribution in [0.25, 0.3) is 0 Å². The maximum Gasteiger partial charge on any atom is 0.261 e. The highest BCUT2D eigenvalue weighted by Gasteiger charge is 2.20. The monoisotopic (exact) mass is 404 g/mol. The highest BCUT2D eigenvalue weighted by molar-refractivity contribution is 7.92. The van der Waals surface area contributed by atoms with Gasteiger partial charge in [-0.15, -0.1) is 0 Å². The maximum absolute atomic E-state index is 12.8. The molecule has 1 heterocycles. The Hall–Kier alpha value is -2.25. The van der Waals surface area contributed by atoms with Crippen molar-refractivity contribution < 1.29 is 17.9 Å². The second-order valence-corrected chi connectivity index (χ2v) is 8.87. The smallest absolute Gasteiger partial charge is 0.261 e. The van der Waals surface area contributed by atoms with Gasteiger partial charge >= 0.3 is 0 Å². The molecule has 1 N–H and O–H groups in total. The van der Waals surface area contributed by atoms with Crippen molar-refractivity contribution in [2.45, 2.75) is 37.7 Å². The molecular weight excluding hydrogens is 376 g/mol. The molecule has 0 bridgehead atoms. The molecular formula is C21H28N2O4S. The van der Waals surface area contributed by atoms with Gasteiger partial charge in [0.05, 0.1) is 18.1 Å². The minimum Gasteiger partial charge on any atom is -0.496 e. The zero-order chi connectivity index (χ0) is 20.3. The van der Waals surface area contributed by atoms with E-state index in [2.05, 4.69) is 9.62 Å². The van der Waals surface area contributed by atoms with Crippen LogP contribution in [0.15, 0.2) is 41.3 Å². The van der Waals surface area contributed by atoms with E-state index in [0.29, 0.717) is 11.4 Å². The van der Waals surface area contributed by atoms with Crippen molar-refractivity contribution in [3.05, 3.63) is 47.5 Å². The molecule has 152 valence electrons. The maximum atomic E-state index is 12.8. The third kappa shape index (κ3) is 4.42. The van der Waals surface area contributed by atoms with Gasteiger partial charge in [-0.05, 0) is 74.2 Å². The van der Waals surface area contributed by atoms with Crippen molar-refractivity contribution in [2.24, 2.45) is 0 Å². The minimum atomic E-state index is -3.67. The SMILES string of the molecule is COc1c(C)cc(S(=O)(=O)Nc2ccc(N3CCCC(OC)C3)cc2)cc1C. The van der Waals surface area contributed by atoms with Crippen molar-refractivity contribution in [3.63, 3.8) is 0 Å². The molecule has 0 amide bonds. The van der Waals surface area contributed by atoms with Crippen LogP contribution >= 0.6 is 0 Å². The fraction of sp³-hybridized carbons (Fsp3) is 0.429. The Bertz CT molecular complexity index is 903. The number of ether oxygens (including phenoxy) is 2. The lowest BCUT2D eigenvalue weighted by Gasteiger charge is -2.33. The van der Waals surface area contributed by atoms with Crippen LogP contribution in [0.1, 0.15) is 24.0 Å². The Balaban J connectivity index is 1.76. The van der Waals surface area contributed by atoms with Gasteiger partial charge in [0.25, 0.3) is 10.0 Å². The fourth-order valence-electron chi connectivity index (χ4n) is 3.71. The summed E-state index contributed by atoms with van der Waals surface area (Å²) in [6.45, 7) is 5.51. The normalized spacial score (nSPS) is 17.4. The number of aryl methyl sites for hydroxylation is 2. The number of hydrogen-bond donors (Lipinski definition) is 1. The van der Waals surface area contributed by atoms with Crippen molar-refractivity contribution >= 4 is 21.4 Å². The molecule has 1 aliphatic heterocycles. The minimum absolute atomic E-state index is 0.228. The van der Waals surface area contributed by atoms with Crippen LogP contribution in [-0.4, -0.2) is 41.8 Å². The van der Waals surface area contributed by atoms with Gasteiger partial charge in [-0.2, -0.15) is 0 Å². The number of hydrogen-bond acceptors (Lipinski definition) is 5. The lowest BCUT2D eigenvalue weighted by Crippen LogP contribution is -2.39. The summed E-state index contributed by atoms with van der Waals surface area (Å²) in [5.41, 5.74) is 3.18. The first-order valence-corrected chi connectivity index (χ1v) is 10.9. The predicted octanol–water partition coefficient (Wildman–Crippen LogP) is 3.73. The van der Waals surface area contributed by atoms with Crippen LogP contribution < -0.4 is 14.4 Å². The second kappa shape index (κ2) is 8.41. The van der Waals surface area contributed by atoms with Crippen LogP contribution in [0.3, 0.4) is 0 Å². The molecule has 2 aromatic carbocycles. The molecule has 1 aliphatic rings. The molecule has 6 nitrogen and oxygen atoms in total. The zero-order valence-corrected chi connectivity index (χ0v) is 17.7. The Morgan fingerprint density at radius 1 is 1.07 bits per heavy atom. The molecule has 0 aromatic heterocycles. The molecule has 0 radical (unpaired) electrons. The molecule has 0 saturated carbocycles. The van der Waals surface area contributed by atoms with E-state index >= 15 is 0 Å². The van der Waals surface area contributed by atoms with Crippen LogP contribution in [0.5, 0.6) is 5.75 Å². The van der Waals surface area contributed by atoms with Crippen molar-refractivity contribution in [3.8, 4) is 5.75 Å². The van der Waals surface area contributed by atoms with Crippen molar-refractivity contribution in [1.82, 2.24) is 0 Å². The Labute approximate surface area is 167 Å². The predicted molar refractivity (Wildman–Crippen MR) is 112 cm³/mol. The molecule has 1 fully saturated rings. The number of piperidine rings is 1. The van der Waals surface area contributed by atoms with E-state index in [1.54, 1.807) is 38.5 Å². The molecule has 1 saturated heterocycles. The lowest BCUT2D eigenvalue weighted by atomic mass is 10.1. The van der Waals surface area contributed by atoms with E-state index in [0.717, 1.165) is 42.7 Å². The van der Waals surface area contributed by atoms with Crippen LogP contribution in [0, 0.1) is 13.8 Å². The largest absolute Gasteiger partial charge is 0.496 e. The highest BCUT2D eigenvalue weighted by Crippen LogP contribution is 2.28. The van der Waals surface area contributed by atoms with Crippen LogP contribution in [-0.2, 0) is 14.8 Å². The first-order valence-electron chi connectivity index (χ1n) is 9.40. The number of benzene rings is 2. The number of nitrogens with one attached hydrogen (secondary N) is 1. The molecule has 7 heteroatoms. The average Bonchev–Trinajstić information content (AvgIpc) is 2.68. The fourth-order valence-corrected chi connectivity index (χ4v) is 4.94. The van der Waals surface area contributed by atoms with Gasteiger partial charge in [0, 0.05) is 31.6 Å². The zero-order valence-electron chi connectivity index (χ0n) is 16.9. The Morgan fingerprint density at radius 3 is 2.29 bits per heavy atom. The van der Waals surface area contributed by atoms with Crippen LogP contribution in [0.2, 0.25) is 0 Å². The first-order chi connectivity index (χ1) is 13.3. The van der Waals surface area contributed by atoms with E-state index in [9.17, 15) is 8.42 Å². The van der Waals surface area contributed by atoms with Crippen LogP contribution in [0.4, 0.5) is 11.4 Å². The summed E-state index contributed by atoms with van der Waals surface area (Å²) in [6.07, 6.45) is 2.41. The van der Waals surface area contributed by atoms with Gasteiger partial charge in [-0.3, -0.25) is 4.72 Å². The third-order valence-electron chi connectivity index (χ3n) is 5.14. The number of rotatable bonds is 6. The average molecular weight is 405 g/mol.